The highest BCUT2D eigenvalue weighted by atomic mass is 14.7. The first-order valence-electron chi connectivity index (χ1n) is 3.97. The predicted octanol–water partition coefficient (Wildman–Crippen LogP) is 0.536. The van der Waals surface area contributed by atoms with E-state index in [9.17, 15) is 0 Å². The molecule has 0 aromatic heterocycles. The number of aryl methyl sites for hydroxylation is 1. The summed E-state index contributed by atoms with van der Waals surface area (Å²) in [4.78, 5) is 0. The van der Waals surface area contributed by atoms with Crippen LogP contribution in [0, 0.1) is 6.92 Å². The molecule has 3 heteroatoms. The highest BCUT2D eigenvalue weighted by molar-refractivity contribution is 5.50. The average molecular weight is 165 g/mol. The summed E-state index contributed by atoms with van der Waals surface area (Å²) in [6.07, 6.45) is 0. The minimum absolute atomic E-state index is 0.148. The minimum atomic E-state index is -0.148. The fourth-order valence-electron chi connectivity index (χ4n) is 1.14. The monoisotopic (exact) mass is 165 g/mol. The first-order chi connectivity index (χ1) is 5.65. The van der Waals surface area contributed by atoms with E-state index in [-0.39, 0.29) is 6.04 Å². The number of hydrogen-bond acceptors (Lipinski definition) is 3. The van der Waals surface area contributed by atoms with Gasteiger partial charge in [-0.2, -0.15) is 0 Å². The lowest BCUT2D eigenvalue weighted by molar-refractivity contribution is 0.738. The smallest absolute Gasteiger partial charge is 0.0440 e. The third-order valence-electron chi connectivity index (χ3n) is 1.90. The molecule has 0 aliphatic rings. The molecule has 3 nitrogen and oxygen atoms in total. The van der Waals surface area contributed by atoms with Crippen molar-refractivity contribution in [2.45, 2.75) is 13.0 Å². The zero-order valence-electron chi connectivity index (χ0n) is 7.25. The summed E-state index contributed by atoms with van der Waals surface area (Å²) in [5.41, 5.74) is 19.8. The van der Waals surface area contributed by atoms with E-state index < -0.39 is 0 Å². The van der Waals surface area contributed by atoms with E-state index in [1.54, 1.807) is 0 Å². The van der Waals surface area contributed by atoms with E-state index in [1.807, 2.05) is 25.1 Å². The third kappa shape index (κ3) is 1.75. The van der Waals surface area contributed by atoms with Gasteiger partial charge in [0.25, 0.3) is 0 Å². The molecule has 66 valence electrons. The van der Waals surface area contributed by atoms with Crippen LogP contribution in [-0.2, 0) is 0 Å². The van der Waals surface area contributed by atoms with Crippen molar-refractivity contribution in [3.8, 4) is 0 Å². The Bertz CT molecular complexity index is 270. The van der Waals surface area contributed by atoms with Crippen LogP contribution < -0.4 is 17.2 Å². The van der Waals surface area contributed by atoms with E-state index in [0.717, 1.165) is 16.8 Å². The third-order valence-corrected chi connectivity index (χ3v) is 1.90. The quantitative estimate of drug-likeness (QED) is 0.559. The van der Waals surface area contributed by atoms with Gasteiger partial charge in [-0.1, -0.05) is 17.7 Å². The second kappa shape index (κ2) is 3.56. The first kappa shape index (κ1) is 9.03. The lowest BCUT2D eigenvalue weighted by atomic mass is 10.0. The lowest BCUT2D eigenvalue weighted by Crippen LogP contribution is -2.21. The van der Waals surface area contributed by atoms with Crippen LogP contribution in [0.3, 0.4) is 0 Å². The molecule has 1 unspecified atom stereocenters. The molecule has 1 rings (SSSR count). The lowest BCUT2D eigenvalue weighted by Gasteiger charge is -2.12. The van der Waals surface area contributed by atoms with Gasteiger partial charge in [-0.3, -0.25) is 0 Å². The van der Waals surface area contributed by atoms with Crippen molar-refractivity contribution in [3.05, 3.63) is 29.3 Å². The number of anilines is 1. The highest BCUT2D eigenvalue weighted by Crippen LogP contribution is 2.18. The standard InChI is InChI=1S/C9H15N3/c1-6-2-3-8(11)7(4-6)9(12)5-10/h2-4,9H,5,10-12H2,1H3. The van der Waals surface area contributed by atoms with Crippen LogP contribution in [0.1, 0.15) is 17.2 Å². The van der Waals surface area contributed by atoms with Gasteiger partial charge in [0.1, 0.15) is 0 Å². The molecule has 0 saturated carbocycles. The van der Waals surface area contributed by atoms with Crippen molar-refractivity contribution in [3.63, 3.8) is 0 Å². The number of hydrogen-bond donors (Lipinski definition) is 3. The molecule has 0 aliphatic carbocycles. The molecular weight excluding hydrogens is 150 g/mol. The normalized spacial score (nSPS) is 12.9. The van der Waals surface area contributed by atoms with Crippen molar-refractivity contribution in [2.24, 2.45) is 11.5 Å². The van der Waals surface area contributed by atoms with Gasteiger partial charge in [0.05, 0.1) is 0 Å². The number of benzene rings is 1. The van der Waals surface area contributed by atoms with Crippen molar-refractivity contribution in [1.29, 1.82) is 0 Å². The molecule has 0 aliphatic heterocycles. The second-order valence-electron chi connectivity index (χ2n) is 2.97. The average Bonchev–Trinajstić information content (AvgIpc) is 2.08. The van der Waals surface area contributed by atoms with Gasteiger partial charge in [-0.15, -0.1) is 0 Å². The van der Waals surface area contributed by atoms with Gasteiger partial charge in [-0.25, -0.2) is 0 Å². The Hall–Kier alpha value is -1.06. The van der Waals surface area contributed by atoms with Crippen LogP contribution in [-0.4, -0.2) is 6.54 Å². The summed E-state index contributed by atoms with van der Waals surface area (Å²) in [7, 11) is 0. The Morgan fingerprint density at radius 1 is 1.42 bits per heavy atom. The van der Waals surface area contributed by atoms with E-state index in [0.29, 0.717) is 6.54 Å². The van der Waals surface area contributed by atoms with E-state index in [1.165, 1.54) is 0 Å². The summed E-state index contributed by atoms with van der Waals surface area (Å²) < 4.78 is 0. The van der Waals surface area contributed by atoms with Crippen molar-refractivity contribution >= 4 is 5.69 Å². The molecule has 1 aromatic rings. The molecule has 12 heavy (non-hydrogen) atoms. The maximum atomic E-state index is 5.76. The van der Waals surface area contributed by atoms with Gasteiger partial charge in [0.2, 0.25) is 0 Å². The van der Waals surface area contributed by atoms with Crippen LogP contribution in [0.25, 0.3) is 0 Å². The summed E-state index contributed by atoms with van der Waals surface area (Å²) in [5.74, 6) is 0. The van der Waals surface area contributed by atoms with Gasteiger partial charge in [0.15, 0.2) is 0 Å². The topological polar surface area (TPSA) is 78.1 Å². The maximum Gasteiger partial charge on any atom is 0.0440 e. The number of nitrogen functional groups attached to an aromatic ring is 1. The van der Waals surface area contributed by atoms with Gasteiger partial charge >= 0.3 is 0 Å². The molecule has 0 amide bonds. The van der Waals surface area contributed by atoms with Gasteiger partial charge in [0, 0.05) is 18.3 Å². The Morgan fingerprint density at radius 3 is 2.67 bits per heavy atom. The molecule has 0 heterocycles. The fraction of sp³-hybridized carbons (Fsp3) is 0.333. The van der Waals surface area contributed by atoms with E-state index >= 15 is 0 Å². The van der Waals surface area contributed by atoms with Gasteiger partial charge < -0.3 is 17.2 Å². The molecule has 0 radical (unpaired) electrons. The van der Waals surface area contributed by atoms with Crippen LogP contribution in [0.15, 0.2) is 18.2 Å². The Labute approximate surface area is 72.5 Å². The van der Waals surface area contributed by atoms with Crippen LogP contribution in [0.4, 0.5) is 5.69 Å². The molecule has 1 aromatic carbocycles. The van der Waals surface area contributed by atoms with Crippen LogP contribution in [0.5, 0.6) is 0 Å². The van der Waals surface area contributed by atoms with E-state index in [4.69, 9.17) is 17.2 Å². The zero-order chi connectivity index (χ0) is 9.14. The molecule has 0 spiro atoms. The summed E-state index contributed by atoms with van der Waals surface area (Å²) in [6, 6.07) is 5.65. The Kier molecular flexibility index (Phi) is 2.68. The van der Waals surface area contributed by atoms with E-state index in [2.05, 4.69) is 0 Å². The minimum Gasteiger partial charge on any atom is -0.398 e. The summed E-state index contributed by atoms with van der Waals surface area (Å²) in [6.45, 7) is 2.43. The maximum absolute atomic E-state index is 5.76. The number of nitrogens with two attached hydrogens (primary N) is 3. The second-order valence-corrected chi connectivity index (χ2v) is 2.97. The van der Waals surface area contributed by atoms with Gasteiger partial charge in [-0.05, 0) is 18.6 Å². The van der Waals surface area contributed by atoms with Crippen molar-refractivity contribution < 1.29 is 0 Å². The number of rotatable bonds is 2. The molecule has 0 fully saturated rings. The Morgan fingerprint density at radius 2 is 2.08 bits per heavy atom. The zero-order valence-corrected chi connectivity index (χ0v) is 7.25. The molecule has 1 atom stereocenters. The van der Waals surface area contributed by atoms with Crippen molar-refractivity contribution in [2.75, 3.05) is 12.3 Å². The predicted molar refractivity (Wildman–Crippen MR) is 51.6 cm³/mol. The fourth-order valence-corrected chi connectivity index (χ4v) is 1.14. The molecule has 0 saturated heterocycles. The van der Waals surface area contributed by atoms with Crippen LogP contribution in [0.2, 0.25) is 0 Å². The highest BCUT2D eigenvalue weighted by Gasteiger charge is 2.06. The molecule has 0 bridgehead atoms. The van der Waals surface area contributed by atoms with Crippen LogP contribution >= 0.6 is 0 Å². The molecular formula is C9H15N3. The Balaban J connectivity index is 3.04. The first-order valence-corrected chi connectivity index (χ1v) is 3.97. The SMILES string of the molecule is Cc1ccc(N)c(C(N)CN)c1. The largest absolute Gasteiger partial charge is 0.398 e. The summed E-state index contributed by atoms with van der Waals surface area (Å²) >= 11 is 0. The summed E-state index contributed by atoms with van der Waals surface area (Å²) in [5, 5.41) is 0. The van der Waals surface area contributed by atoms with Crippen molar-refractivity contribution in [1.82, 2.24) is 0 Å². The molecule has 6 N–H and O–H groups in total.